The van der Waals surface area contributed by atoms with Gasteiger partial charge in [0.1, 0.15) is 29.5 Å². The van der Waals surface area contributed by atoms with Crippen LogP contribution in [0, 0.1) is 17.8 Å². The van der Waals surface area contributed by atoms with Crippen molar-refractivity contribution in [3.63, 3.8) is 0 Å². The Hall–Kier alpha value is -2.15. The third-order valence-electron chi connectivity index (χ3n) is 15.3. The van der Waals surface area contributed by atoms with Gasteiger partial charge >= 0.3 is 11.9 Å². The van der Waals surface area contributed by atoms with Crippen LogP contribution in [0.4, 0.5) is 0 Å². The highest BCUT2D eigenvalue weighted by atomic mass is 16.7. The van der Waals surface area contributed by atoms with Gasteiger partial charge < -0.3 is 78.2 Å². The van der Waals surface area contributed by atoms with Crippen molar-refractivity contribution in [1.82, 2.24) is 20.0 Å². The number of aliphatic hydroxyl groups excluding tert-OH is 3. The number of ether oxygens (including phenoxy) is 9. The minimum absolute atomic E-state index is 0.000312. The van der Waals surface area contributed by atoms with E-state index in [2.05, 4.69) is 15.1 Å². The molecule has 0 spiro atoms. The Morgan fingerprint density at radius 1 is 0.870 bits per heavy atom. The normalized spacial score (nSPS) is 41.8. The summed E-state index contributed by atoms with van der Waals surface area (Å²) in [4.78, 5) is 48.4. The molecule has 0 aromatic rings. The van der Waals surface area contributed by atoms with Crippen molar-refractivity contribution in [2.24, 2.45) is 17.8 Å². The molecular weight excluding hydrogens is 901 g/mol. The van der Waals surface area contributed by atoms with E-state index in [1.807, 2.05) is 39.8 Å². The summed E-state index contributed by atoms with van der Waals surface area (Å²) in [5.74, 6) is -4.16. The van der Waals surface area contributed by atoms with Gasteiger partial charge in [0.05, 0.1) is 68.2 Å². The fourth-order valence-corrected chi connectivity index (χ4v) is 10.7. The van der Waals surface area contributed by atoms with Crippen LogP contribution < -0.4 is 5.32 Å². The largest absolute Gasteiger partial charge is 0.459 e. The predicted octanol–water partition coefficient (Wildman–Crippen LogP) is 1.31. The maximum absolute atomic E-state index is 14.6. The number of piperazine rings is 1. The smallest absolute Gasteiger partial charge is 0.311 e. The lowest BCUT2D eigenvalue weighted by molar-refractivity contribution is -0.320. The molecule has 0 saturated carbocycles. The van der Waals surface area contributed by atoms with Crippen molar-refractivity contribution >= 4 is 17.8 Å². The van der Waals surface area contributed by atoms with Gasteiger partial charge in [-0.25, -0.2) is 0 Å². The summed E-state index contributed by atoms with van der Waals surface area (Å²) in [5, 5.41) is 46.9. The standard InChI is InChI=1S/C49H90N4O16/c1-15-36-49(10,60)41(57)33(6)50-44(58)29(2)27-47(8,61-13)42(69-46-39(56)35(51(11)12)26-30(3)64-46)31(4)40(32(5)45(59)66-36)68-38-28-48(9,62-14)43(34(7)65-38)67-37(55)16-17-52-18-20-53(21-19-52)22-24-63-25-23-54/h29-36,38-43,46,54,56-57,60H,15-28H2,1-14H3,(H,50,58)/t29-,30-,31+,32-,33-,34+,35+,36-,38+,39-,40+,41-,42-,43+,46+,47-,48-,49-/m1/s1. The molecule has 20 heteroatoms. The van der Waals surface area contributed by atoms with Crippen molar-refractivity contribution in [1.29, 1.82) is 0 Å². The first-order valence-electron chi connectivity index (χ1n) is 25.2. The summed E-state index contributed by atoms with van der Waals surface area (Å²) in [7, 11) is 6.79. The van der Waals surface area contributed by atoms with E-state index < -0.39 is 114 Å². The molecule has 0 aromatic carbocycles. The molecule has 4 aliphatic rings. The summed E-state index contributed by atoms with van der Waals surface area (Å²) >= 11 is 0. The van der Waals surface area contributed by atoms with Crippen LogP contribution in [0.2, 0.25) is 0 Å². The average molecular weight is 991 g/mol. The number of cyclic esters (lactones) is 1. The SMILES string of the molecule is CC[C@H]1OC(=O)[C@H](C)[C@@H](O[C@H]2C[C@@](C)(OC)[C@@H](OC(=O)CCN3CCN(CCOCCO)CC3)[C@H](C)O2)[C@H](C)[C@@H](O[C@@H]2O[C@H](C)C[C@H](N(C)C)[C@H]2O)[C@](C)(OC)C[C@@H](C)C(=O)N[C@H](C)[C@@H](O)[C@]1(C)O. The van der Waals surface area contributed by atoms with Crippen molar-refractivity contribution in [2.75, 3.05) is 87.4 Å². The summed E-state index contributed by atoms with van der Waals surface area (Å²) in [6.45, 7) is 22.6. The lowest BCUT2D eigenvalue weighted by atomic mass is 9.77. The zero-order valence-corrected chi connectivity index (χ0v) is 44.1. The highest BCUT2D eigenvalue weighted by Gasteiger charge is 2.54. The van der Waals surface area contributed by atoms with Crippen LogP contribution in [0.25, 0.3) is 0 Å². The Balaban J connectivity index is 1.66. The van der Waals surface area contributed by atoms with Crippen molar-refractivity contribution in [3.8, 4) is 0 Å². The van der Waals surface area contributed by atoms with Gasteiger partial charge in [-0.1, -0.05) is 20.8 Å². The molecule has 4 saturated heterocycles. The van der Waals surface area contributed by atoms with E-state index in [1.54, 1.807) is 41.5 Å². The lowest BCUT2D eigenvalue weighted by Gasteiger charge is -2.49. The van der Waals surface area contributed by atoms with E-state index in [9.17, 15) is 29.7 Å². The molecule has 1 amide bonds. The average Bonchev–Trinajstić information content (AvgIpc) is 3.30. The fraction of sp³-hybridized carbons (Fsp3) is 0.939. The summed E-state index contributed by atoms with van der Waals surface area (Å²) in [5.41, 5.74) is -4.39. The van der Waals surface area contributed by atoms with E-state index in [4.69, 9.17) is 47.7 Å². The van der Waals surface area contributed by atoms with Gasteiger partial charge in [-0.15, -0.1) is 0 Å². The fourth-order valence-electron chi connectivity index (χ4n) is 10.7. The second-order valence-electron chi connectivity index (χ2n) is 21.0. The van der Waals surface area contributed by atoms with Crippen LogP contribution in [0.1, 0.15) is 101 Å². The summed E-state index contributed by atoms with van der Waals surface area (Å²) in [6.07, 6.45) is -9.00. The monoisotopic (exact) mass is 991 g/mol. The molecule has 0 aliphatic carbocycles. The molecule has 402 valence electrons. The quantitative estimate of drug-likeness (QED) is 0.102. The molecule has 0 radical (unpaired) electrons. The van der Waals surface area contributed by atoms with Gasteiger partial charge in [0, 0.05) is 77.8 Å². The molecule has 0 aromatic heterocycles. The second kappa shape index (κ2) is 26.2. The number of amides is 1. The van der Waals surface area contributed by atoms with E-state index in [1.165, 1.54) is 21.1 Å². The molecule has 18 atom stereocenters. The summed E-state index contributed by atoms with van der Waals surface area (Å²) in [6, 6.07) is -1.27. The van der Waals surface area contributed by atoms with E-state index in [0.29, 0.717) is 26.2 Å². The van der Waals surface area contributed by atoms with Gasteiger partial charge in [-0.2, -0.15) is 0 Å². The second-order valence-corrected chi connectivity index (χ2v) is 21.0. The number of aliphatic hydroxyl groups is 4. The molecule has 4 heterocycles. The number of hydrogen-bond acceptors (Lipinski definition) is 19. The van der Waals surface area contributed by atoms with Gasteiger partial charge in [0.2, 0.25) is 5.91 Å². The Bertz CT molecular complexity index is 1610. The van der Waals surface area contributed by atoms with Crippen LogP contribution in [0.3, 0.4) is 0 Å². The van der Waals surface area contributed by atoms with Crippen molar-refractivity contribution < 1.29 is 77.4 Å². The van der Waals surface area contributed by atoms with Crippen LogP contribution in [0.5, 0.6) is 0 Å². The first kappa shape index (κ1) is 59.4. The number of carbonyl (C=O) groups is 3. The maximum atomic E-state index is 14.6. The number of carbonyl (C=O) groups excluding carboxylic acids is 3. The number of hydrogen-bond donors (Lipinski definition) is 5. The minimum Gasteiger partial charge on any atom is -0.459 e. The lowest BCUT2D eigenvalue weighted by Crippen LogP contribution is -2.61. The van der Waals surface area contributed by atoms with Crippen molar-refractivity contribution in [2.45, 2.75) is 192 Å². The zero-order valence-electron chi connectivity index (χ0n) is 44.1. The van der Waals surface area contributed by atoms with Gasteiger partial charge in [0.15, 0.2) is 18.7 Å². The van der Waals surface area contributed by atoms with Crippen molar-refractivity contribution in [3.05, 3.63) is 0 Å². The molecule has 69 heavy (non-hydrogen) atoms. The number of likely N-dealkylation sites (N-methyl/N-ethyl adjacent to an activating group) is 1. The minimum atomic E-state index is -1.98. The Labute approximate surface area is 411 Å². The number of methoxy groups -OCH3 is 2. The van der Waals surface area contributed by atoms with Crippen LogP contribution >= 0.6 is 0 Å². The molecule has 20 nitrogen and oxygen atoms in total. The van der Waals surface area contributed by atoms with E-state index in [0.717, 1.165) is 32.7 Å². The zero-order chi connectivity index (χ0) is 51.6. The number of nitrogens with zero attached hydrogens (tertiary/aromatic N) is 3. The molecule has 4 fully saturated rings. The van der Waals surface area contributed by atoms with Gasteiger partial charge in [0.25, 0.3) is 0 Å². The van der Waals surface area contributed by atoms with Gasteiger partial charge in [-0.05, 0) is 81.8 Å². The Morgan fingerprint density at radius 2 is 1.48 bits per heavy atom. The third kappa shape index (κ3) is 15.2. The molecule has 4 rings (SSSR count). The first-order valence-corrected chi connectivity index (χ1v) is 25.2. The Kier molecular flexibility index (Phi) is 22.5. The van der Waals surface area contributed by atoms with Crippen LogP contribution in [0.15, 0.2) is 0 Å². The van der Waals surface area contributed by atoms with E-state index in [-0.39, 0.29) is 44.4 Å². The van der Waals surface area contributed by atoms with Gasteiger partial charge in [-0.3, -0.25) is 19.3 Å². The third-order valence-corrected chi connectivity index (χ3v) is 15.3. The summed E-state index contributed by atoms with van der Waals surface area (Å²) < 4.78 is 56.8. The predicted molar refractivity (Wildman–Crippen MR) is 254 cm³/mol. The van der Waals surface area contributed by atoms with Crippen LogP contribution in [-0.2, 0) is 57.0 Å². The highest BCUT2D eigenvalue weighted by molar-refractivity contribution is 5.78. The van der Waals surface area contributed by atoms with Crippen LogP contribution in [-0.4, -0.2) is 231 Å². The van der Waals surface area contributed by atoms with E-state index >= 15 is 0 Å². The maximum Gasteiger partial charge on any atom is 0.311 e. The number of nitrogens with one attached hydrogen (secondary N) is 1. The molecule has 4 aliphatic heterocycles. The first-order chi connectivity index (χ1) is 32.4. The molecule has 0 unspecified atom stereocenters. The molecule has 0 bridgehead atoms. The number of rotatable bonds is 17. The highest BCUT2D eigenvalue weighted by Crippen LogP contribution is 2.41. The topological polar surface area (TPSA) is 237 Å². The number of esters is 2. The Morgan fingerprint density at radius 3 is 2.06 bits per heavy atom. The molecular formula is C49H90N4O16. The molecule has 5 N–H and O–H groups in total.